The second kappa shape index (κ2) is 2.61. The highest BCUT2D eigenvalue weighted by Gasteiger charge is 1.95. The van der Waals surface area contributed by atoms with Crippen LogP contribution in [0.1, 0.15) is 6.92 Å². The Morgan fingerprint density at radius 3 is 2.00 bits per heavy atom. The Balaban J connectivity index is 3.35. The van der Waals surface area contributed by atoms with Gasteiger partial charge < -0.3 is 4.90 Å². The van der Waals surface area contributed by atoms with Crippen LogP contribution in [0.5, 0.6) is 0 Å². The Morgan fingerprint density at radius 1 is 1.57 bits per heavy atom. The smallest absolute Gasteiger partial charge is 0.225 e. The number of hydrogen-bond acceptors (Lipinski definition) is 1. The lowest BCUT2D eigenvalue weighted by Crippen LogP contribution is -2.20. The number of carbonyl (C=O) groups is 1. The molecule has 0 saturated carbocycles. The molecule has 0 N–H and O–H groups in total. The fourth-order valence-electron chi connectivity index (χ4n) is 0.258. The van der Waals surface area contributed by atoms with Crippen molar-refractivity contribution in [2.45, 2.75) is 6.92 Å². The molecule has 0 rings (SSSR count). The minimum Gasteiger partial charge on any atom is -0.349 e. The molecule has 2 nitrogen and oxygen atoms in total. The molecule has 0 aliphatic heterocycles. The molecule has 7 heavy (non-hydrogen) atoms. The van der Waals surface area contributed by atoms with Crippen molar-refractivity contribution in [3.05, 3.63) is 6.42 Å². The molecular weight excluding hydrogens is 90.1 g/mol. The molecular formula is C5H10NO. The van der Waals surface area contributed by atoms with Crippen molar-refractivity contribution in [1.29, 1.82) is 0 Å². The first kappa shape index (κ1) is 6.47. The van der Waals surface area contributed by atoms with Crippen molar-refractivity contribution >= 4 is 5.91 Å². The van der Waals surface area contributed by atoms with E-state index >= 15 is 0 Å². The first-order valence-electron chi connectivity index (χ1n) is 2.19. The summed E-state index contributed by atoms with van der Waals surface area (Å²) in [5, 5.41) is 0. The molecule has 0 fully saturated rings. The van der Waals surface area contributed by atoms with Gasteiger partial charge in [-0.25, -0.2) is 0 Å². The number of carbonyl (C=O) groups excluding carboxylic acids is 1. The van der Waals surface area contributed by atoms with Crippen LogP contribution in [-0.2, 0) is 4.79 Å². The lowest BCUT2D eigenvalue weighted by Gasteiger charge is -2.05. The van der Waals surface area contributed by atoms with Crippen LogP contribution in [0.25, 0.3) is 0 Å². The van der Waals surface area contributed by atoms with E-state index in [0.29, 0.717) is 0 Å². The monoisotopic (exact) mass is 100 g/mol. The van der Waals surface area contributed by atoms with Crippen LogP contribution < -0.4 is 0 Å². The van der Waals surface area contributed by atoms with Gasteiger partial charge in [0.2, 0.25) is 5.91 Å². The summed E-state index contributed by atoms with van der Waals surface area (Å²) in [6.07, 6.45) is 1.53. The second-order valence-electron chi connectivity index (χ2n) is 1.52. The van der Waals surface area contributed by atoms with E-state index in [0.717, 1.165) is 0 Å². The maximum Gasteiger partial charge on any atom is 0.225 e. The third-order valence-corrected chi connectivity index (χ3v) is 0.688. The minimum absolute atomic E-state index is 0.0556. The van der Waals surface area contributed by atoms with Crippen LogP contribution in [0.4, 0.5) is 0 Å². The summed E-state index contributed by atoms with van der Waals surface area (Å²) in [5.74, 6) is 0.0556. The van der Waals surface area contributed by atoms with Crippen molar-refractivity contribution in [3.8, 4) is 0 Å². The normalized spacial score (nSPS) is 8.43. The van der Waals surface area contributed by atoms with Crippen LogP contribution in [0.2, 0.25) is 0 Å². The van der Waals surface area contributed by atoms with Gasteiger partial charge in [0.25, 0.3) is 0 Å². The molecule has 0 aromatic carbocycles. The molecule has 0 aliphatic rings. The molecule has 0 heterocycles. The predicted molar refractivity (Wildman–Crippen MR) is 28.7 cm³/mol. The third kappa shape index (κ3) is 2.20. The molecule has 1 radical (unpaired) electrons. The molecule has 0 spiro atoms. The van der Waals surface area contributed by atoms with E-state index < -0.39 is 0 Å². The molecule has 41 valence electrons. The number of hydrogen-bond donors (Lipinski definition) is 0. The lowest BCUT2D eigenvalue weighted by molar-refractivity contribution is -0.125. The van der Waals surface area contributed by atoms with E-state index in [1.807, 2.05) is 0 Å². The summed E-state index contributed by atoms with van der Waals surface area (Å²) in [6.45, 7) is 1.72. The Kier molecular flexibility index (Phi) is 2.41. The Labute approximate surface area is 44.1 Å². The maximum atomic E-state index is 10.4. The molecule has 0 saturated heterocycles. The maximum absolute atomic E-state index is 10.4. The van der Waals surface area contributed by atoms with Gasteiger partial charge in [-0.15, -0.1) is 0 Å². The summed E-state index contributed by atoms with van der Waals surface area (Å²) >= 11 is 0. The van der Waals surface area contributed by atoms with Gasteiger partial charge in [0.15, 0.2) is 0 Å². The Hall–Kier alpha value is -0.530. The zero-order valence-electron chi connectivity index (χ0n) is 4.93. The largest absolute Gasteiger partial charge is 0.349 e. The minimum atomic E-state index is 0.0556. The highest BCUT2D eigenvalue weighted by molar-refractivity contribution is 5.83. The van der Waals surface area contributed by atoms with E-state index in [4.69, 9.17) is 0 Å². The zero-order valence-corrected chi connectivity index (χ0v) is 4.93. The van der Waals surface area contributed by atoms with E-state index in [9.17, 15) is 4.79 Å². The van der Waals surface area contributed by atoms with E-state index in [1.165, 1.54) is 11.3 Å². The molecule has 0 aromatic heterocycles. The van der Waals surface area contributed by atoms with Gasteiger partial charge >= 0.3 is 0 Å². The third-order valence-electron chi connectivity index (χ3n) is 0.688. The van der Waals surface area contributed by atoms with Crippen molar-refractivity contribution in [1.82, 2.24) is 4.90 Å². The summed E-state index contributed by atoms with van der Waals surface area (Å²) in [7, 11) is 3.45. The van der Waals surface area contributed by atoms with Crippen molar-refractivity contribution in [2.75, 3.05) is 14.1 Å². The topological polar surface area (TPSA) is 20.3 Å². The van der Waals surface area contributed by atoms with Crippen LogP contribution in [0.15, 0.2) is 0 Å². The molecule has 1 amide bonds. The van der Waals surface area contributed by atoms with Gasteiger partial charge in [0.1, 0.15) is 0 Å². The first-order chi connectivity index (χ1) is 3.18. The van der Waals surface area contributed by atoms with Gasteiger partial charge in [-0.05, 0) is 0 Å². The molecule has 0 aromatic rings. The number of amides is 1. The Morgan fingerprint density at radius 2 is 2.00 bits per heavy atom. The summed E-state index contributed by atoms with van der Waals surface area (Å²) in [4.78, 5) is 11.9. The standard InChI is InChI=1S/C5H10NO/c1-4-5(7)6(2)3/h4H,1-3H3. The molecule has 0 aliphatic carbocycles. The van der Waals surface area contributed by atoms with Gasteiger partial charge in [-0.3, -0.25) is 4.79 Å². The summed E-state index contributed by atoms with van der Waals surface area (Å²) < 4.78 is 0. The summed E-state index contributed by atoms with van der Waals surface area (Å²) in [6, 6.07) is 0. The van der Waals surface area contributed by atoms with Crippen LogP contribution in [0.3, 0.4) is 0 Å². The highest BCUT2D eigenvalue weighted by Crippen LogP contribution is 1.79. The fourth-order valence-corrected chi connectivity index (χ4v) is 0.258. The molecule has 0 unspecified atom stereocenters. The SMILES string of the molecule is C[CH]C(=O)N(C)C. The van der Waals surface area contributed by atoms with Crippen LogP contribution in [0, 0.1) is 6.42 Å². The van der Waals surface area contributed by atoms with Crippen molar-refractivity contribution in [2.24, 2.45) is 0 Å². The molecule has 0 atom stereocenters. The summed E-state index contributed by atoms with van der Waals surface area (Å²) in [5.41, 5.74) is 0. The number of nitrogens with zero attached hydrogens (tertiary/aromatic N) is 1. The predicted octanol–water partition coefficient (Wildman–Crippen LogP) is 0.299. The highest BCUT2D eigenvalue weighted by atomic mass is 16.2. The van der Waals surface area contributed by atoms with Gasteiger partial charge in [0, 0.05) is 20.5 Å². The van der Waals surface area contributed by atoms with Crippen LogP contribution in [-0.4, -0.2) is 24.9 Å². The second-order valence-corrected chi connectivity index (χ2v) is 1.52. The molecule has 0 bridgehead atoms. The first-order valence-corrected chi connectivity index (χ1v) is 2.19. The van der Waals surface area contributed by atoms with E-state index in [-0.39, 0.29) is 5.91 Å². The zero-order chi connectivity index (χ0) is 5.86. The van der Waals surface area contributed by atoms with Crippen molar-refractivity contribution in [3.63, 3.8) is 0 Å². The van der Waals surface area contributed by atoms with Crippen LogP contribution >= 0.6 is 0 Å². The molecule has 2 heteroatoms. The lowest BCUT2D eigenvalue weighted by atomic mass is 10.4. The average molecular weight is 100 g/mol. The van der Waals surface area contributed by atoms with Gasteiger partial charge in [-0.2, -0.15) is 0 Å². The quantitative estimate of drug-likeness (QED) is 0.464. The van der Waals surface area contributed by atoms with Crippen molar-refractivity contribution < 1.29 is 4.79 Å². The number of rotatable bonds is 1. The van der Waals surface area contributed by atoms with Gasteiger partial charge in [0.05, 0.1) is 0 Å². The van der Waals surface area contributed by atoms with E-state index in [2.05, 4.69) is 0 Å². The average Bonchev–Trinajstić information content (AvgIpc) is 1.65. The Bertz CT molecular complexity index is 68.5. The fraction of sp³-hybridized carbons (Fsp3) is 0.600. The van der Waals surface area contributed by atoms with E-state index in [1.54, 1.807) is 21.0 Å². The van der Waals surface area contributed by atoms with Gasteiger partial charge in [-0.1, -0.05) is 6.92 Å².